The fraction of sp³-hybridized carbons (Fsp3) is 0.842. The number of allylic oxidation sites excluding steroid dienone is 2. The smallest absolute Gasteiger partial charge is 0.0351 e. The molecular weight excluding hydrogens is 228 g/mol. The van der Waals surface area contributed by atoms with Crippen LogP contribution in [0.4, 0.5) is 0 Å². The van der Waals surface area contributed by atoms with Gasteiger partial charge in [0, 0.05) is 0 Å². The van der Waals surface area contributed by atoms with Crippen molar-refractivity contribution < 1.29 is 0 Å². The third-order valence-corrected chi connectivity index (χ3v) is 3.71. The summed E-state index contributed by atoms with van der Waals surface area (Å²) in [5.74, 6) is 0.616. The second-order valence-corrected chi connectivity index (χ2v) is 6.12. The first-order chi connectivity index (χ1) is 9.27. The van der Waals surface area contributed by atoms with Crippen molar-refractivity contribution in [3.63, 3.8) is 0 Å². The third kappa shape index (κ3) is 17.7. The topological polar surface area (TPSA) is 0 Å². The fourth-order valence-corrected chi connectivity index (χ4v) is 2.39. The van der Waals surface area contributed by atoms with E-state index in [0.717, 1.165) is 0 Å². The van der Waals surface area contributed by atoms with Crippen LogP contribution >= 0.6 is 0 Å². The van der Waals surface area contributed by atoms with Crippen molar-refractivity contribution in [3.05, 3.63) is 19.1 Å². The molecule has 0 aromatic rings. The lowest BCUT2D eigenvalue weighted by Gasteiger charge is -2.01. The van der Waals surface area contributed by atoms with Crippen LogP contribution in [0.15, 0.2) is 12.2 Å². The molecule has 0 saturated carbocycles. The number of hydrogen-bond donors (Lipinski definition) is 0. The Morgan fingerprint density at radius 1 is 0.737 bits per heavy atom. The Hall–Kier alpha value is -0.260. The molecule has 1 radical (unpaired) electrons. The van der Waals surface area contributed by atoms with E-state index in [9.17, 15) is 0 Å². The first-order valence-corrected chi connectivity index (χ1v) is 8.75. The van der Waals surface area contributed by atoms with E-state index >= 15 is 0 Å². The lowest BCUT2D eigenvalue weighted by molar-refractivity contribution is 0.566. The van der Waals surface area contributed by atoms with Gasteiger partial charge in [0.25, 0.3) is 0 Å². The molecule has 0 amide bonds. The highest BCUT2D eigenvalue weighted by Crippen LogP contribution is 2.11. The Bertz CT molecular complexity index is 178. The van der Waals surface area contributed by atoms with E-state index in [0.29, 0.717) is 5.92 Å². The van der Waals surface area contributed by atoms with Gasteiger partial charge in [-0.1, -0.05) is 90.7 Å². The maximum absolute atomic E-state index is 4.01. The lowest BCUT2D eigenvalue weighted by Crippen LogP contribution is -1.85. The molecule has 113 valence electrons. The molecule has 0 heteroatoms. The van der Waals surface area contributed by atoms with Crippen LogP contribution < -0.4 is 0 Å². The van der Waals surface area contributed by atoms with Crippen molar-refractivity contribution in [2.75, 3.05) is 0 Å². The largest absolute Gasteiger partial charge is 0.0885 e. The van der Waals surface area contributed by atoms with Crippen LogP contribution in [0.5, 0.6) is 0 Å². The van der Waals surface area contributed by atoms with Gasteiger partial charge in [0.1, 0.15) is 0 Å². The minimum atomic E-state index is 0.616. The zero-order valence-electron chi connectivity index (χ0n) is 13.6. The average Bonchev–Trinajstić information content (AvgIpc) is 2.39. The molecule has 0 aliphatic carbocycles. The summed E-state index contributed by atoms with van der Waals surface area (Å²) in [6.07, 6.45) is 22.7. The summed E-state index contributed by atoms with van der Waals surface area (Å²) < 4.78 is 0. The van der Waals surface area contributed by atoms with Crippen LogP contribution in [-0.4, -0.2) is 0 Å². The maximum Gasteiger partial charge on any atom is -0.0351 e. The van der Waals surface area contributed by atoms with Crippen LogP contribution in [0.1, 0.15) is 97.3 Å². The molecule has 0 N–H and O–H groups in total. The predicted molar refractivity (Wildman–Crippen MR) is 89.4 cm³/mol. The van der Waals surface area contributed by atoms with Crippen molar-refractivity contribution in [2.24, 2.45) is 5.92 Å². The summed E-state index contributed by atoms with van der Waals surface area (Å²) >= 11 is 0. The van der Waals surface area contributed by atoms with Crippen LogP contribution in [0, 0.1) is 12.8 Å². The highest BCUT2D eigenvalue weighted by atomic mass is 14.0. The molecule has 0 bridgehead atoms. The summed E-state index contributed by atoms with van der Waals surface area (Å²) in [4.78, 5) is 0. The molecule has 0 nitrogen and oxygen atoms in total. The van der Waals surface area contributed by atoms with Gasteiger partial charge in [-0.05, 0) is 31.6 Å². The van der Waals surface area contributed by atoms with Gasteiger partial charge in [-0.3, -0.25) is 0 Å². The Morgan fingerprint density at radius 2 is 1.21 bits per heavy atom. The van der Waals surface area contributed by atoms with Crippen molar-refractivity contribution >= 4 is 0 Å². The number of rotatable bonds is 14. The van der Waals surface area contributed by atoms with E-state index in [-0.39, 0.29) is 0 Å². The van der Waals surface area contributed by atoms with Gasteiger partial charge in [-0.2, -0.15) is 0 Å². The van der Waals surface area contributed by atoms with E-state index in [1.807, 2.05) is 0 Å². The van der Waals surface area contributed by atoms with E-state index in [1.165, 1.54) is 83.5 Å². The summed E-state index contributed by atoms with van der Waals surface area (Å²) in [5, 5.41) is 0. The molecule has 1 atom stereocenters. The molecular formula is C19H37. The van der Waals surface area contributed by atoms with Gasteiger partial charge in [0.15, 0.2) is 0 Å². The van der Waals surface area contributed by atoms with Gasteiger partial charge >= 0.3 is 0 Å². The standard InChI is InChI=1S/C19H37/c1-4-5-6-7-8-9-10-11-12-13-14-15-16-17-18-19(2)3/h14-15,19H,2,4-13,16-18H2,1,3H3. The molecule has 19 heavy (non-hydrogen) atoms. The van der Waals surface area contributed by atoms with Gasteiger partial charge in [0.2, 0.25) is 0 Å². The molecule has 0 rings (SSSR count). The fourth-order valence-electron chi connectivity index (χ4n) is 2.39. The van der Waals surface area contributed by atoms with Gasteiger partial charge in [0.05, 0.1) is 0 Å². The van der Waals surface area contributed by atoms with Crippen molar-refractivity contribution in [2.45, 2.75) is 97.3 Å². The van der Waals surface area contributed by atoms with Crippen LogP contribution in [0.3, 0.4) is 0 Å². The summed E-state index contributed by atoms with van der Waals surface area (Å²) in [7, 11) is 0. The van der Waals surface area contributed by atoms with Crippen molar-refractivity contribution in [1.82, 2.24) is 0 Å². The SMILES string of the molecule is [CH2]C(C)CCCC=CCCCCCCCCCCC. The van der Waals surface area contributed by atoms with E-state index in [1.54, 1.807) is 0 Å². The second kappa shape index (κ2) is 15.8. The van der Waals surface area contributed by atoms with Gasteiger partial charge in [-0.15, -0.1) is 0 Å². The van der Waals surface area contributed by atoms with Crippen molar-refractivity contribution in [1.29, 1.82) is 0 Å². The predicted octanol–water partition coefficient (Wildman–Crippen LogP) is 7.10. The first kappa shape index (κ1) is 18.7. The number of hydrogen-bond acceptors (Lipinski definition) is 0. The van der Waals surface area contributed by atoms with Gasteiger partial charge < -0.3 is 0 Å². The Labute approximate surface area is 123 Å². The van der Waals surface area contributed by atoms with Gasteiger partial charge in [-0.25, -0.2) is 0 Å². The number of unbranched alkanes of at least 4 members (excludes halogenated alkanes) is 10. The van der Waals surface area contributed by atoms with E-state index < -0.39 is 0 Å². The molecule has 0 aromatic heterocycles. The molecule has 0 heterocycles. The van der Waals surface area contributed by atoms with E-state index in [4.69, 9.17) is 0 Å². The summed E-state index contributed by atoms with van der Waals surface area (Å²) in [6.45, 7) is 8.50. The third-order valence-electron chi connectivity index (χ3n) is 3.71. The first-order valence-electron chi connectivity index (χ1n) is 8.75. The zero-order valence-corrected chi connectivity index (χ0v) is 13.6. The highest BCUT2D eigenvalue weighted by molar-refractivity contribution is 4.81. The van der Waals surface area contributed by atoms with Crippen LogP contribution in [-0.2, 0) is 0 Å². The Morgan fingerprint density at radius 3 is 1.74 bits per heavy atom. The van der Waals surface area contributed by atoms with Crippen LogP contribution in [0.25, 0.3) is 0 Å². The van der Waals surface area contributed by atoms with Crippen LogP contribution in [0.2, 0.25) is 0 Å². The monoisotopic (exact) mass is 265 g/mol. The lowest BCUT2D eigenvalue weighted by atomic mass is 10.1. The molecule has 0 saturated heterocycles. The molecule has 0 aromatic carbocycles. The maximum atomic E-state index is 4.01. The second-order valence-electron chi connectivity index (χ2n) is 6.12. The highest BCUT2D eigenvalue weighted by Gasteiger charge is 1.92. The minimum absolute atomic E-state index is 0.616. The Balaban J connectivity index is 3.03. The molecule has 0 fully saturated rings. The van der Waals surface area contributed by atoms with E-state index in [2.05, 4.69) is 32.9 Å². The molecule has 0 spiro atoms. The van der Waals surface area contributed by atoms with Crippen molar-refractivity contribution in [3.8, 4) is 0 Å². The summed E-state index contributed by atoms with van der Waals surface area (Å²) in [6, 6.07) is 0. The minimum Gasteiger partial charge on any atom is -0.0885 e. The molecule has 1 unspecified atom stereocenters. The molecule has 0 aliphatic rings. The quantitative estimate of drug-likeness (QED) is 0.232. The summed E-state index contributed by atoms with van der Waals surface area (Å²) in [5.41, 5.74) is 0. The zero-order chi connectivity index (χ0) is 14.2. The Kier molecular flexibility index (Phi) is 15.6. The normalized spacial score (nSPS) is 11.8. The average molecular weight is 266 g/mol. The molecule has 0 aliphatic heterocycles.